The number of nitrogens with zero attached hydrogens (tertiary/aromatic N) is 2. The number of carbonyl (C=O) groups excluding carboxylic acids is 2. The lowest BCUT2D eigenvalue weighted by atomic mass is 9.62. The largest absolute Gasteiger partial charge is 0.508 e. The van der Waals surface area contributed by atoms with Crippen molar-refractivity contribution in [1.82, 2.24) is 9.80 Å². The number of aromatic hydroxyl groups is 1. The van der Waals surface area contributed by atoms with Crippen LogP contribution in [0.15, 0.2) is 54.6 Å². The number of aliphatic hydroxyl groups is 1. The molecule has 2 N–H and O–H groups in total. The number of fused-ring (bicyclic) bond motifs is 3. The summed E-state index contributed by atoms with van der Waals surface area (Å²) in [7, 11) is 0. The van der Waals surface area contributed by atoms with E-state index >= 15 is 0 Å². The molecule has 38 heavy (non-hydrogen) atoms. The number of hydrogen-bond acceptors (Lipinski definition) is 6. The number of phenols is 1. The molecule has 6 rings (SSSR count). The zero-order chi connectivity index (χ0) is 26.6. The molecule has 3 saturated heterocycles. The molecule has 0 aromatic heterocycles. The lowest BCUT2D eigenvalue weighted by molar-refractivity contribution is -0.276. The smallest absolute Gasteiger partial charge is 0.233 e. The van der Waals surface area contributed by atoms with Crippen molar-refractivity contribution in [1.29, 1.82) is 0 Å². The molecule has 1 aliphatic carbocycles. The molecule has 6 atom stereocenters. The lowest BCUT2D eigenvalue weighted by Gasteiger charge is -2.46. The summed E-state index contributed by atoms with van der Waals surface area (Å²) in [5.41, 5.74) is 1.89. The monoisotopic (exact) mass is 518 g/mol. The Labute approximate surface area is 224 Å². The van der Waals surface area contributed by atoms with E-state index in [0.29, 0.717) is 18.4 Å². The van der Waals surface area contributed by atoms with E-state index in [-0.39, 0.29) is 35.4 Å². The minimum atomic E-state index is -1.51. The van der Waals surface area contributed by atoms with Gasteiger partial charge in [0.2, 0.25) is 11.8 Å². The molecule has 0 unspecified atom stereocenters. The second-order valence-corrected chi connectivity index (χ2v) is 12.0. The van der Waals surface area contributed by atoms with Crippen LogP contribution in [-0.4, -0.2) is 56.7 Å². The van der Waals surface area contributed by atoms with Crippen LogP contribution in [0, 0.1) is 29.6 Å². The van der Waals surface area contributed by atoms with Gasteiger partial charge in [0, 0.05) is 43.1 Å². The number of rotatable bonds is 5. The Morgan fingerprint density at radius 2 is 1.66 bits per heavy atom. The van der Waals surface area contributed by atoms with Gasteiger partial charge in [0.15, 0.2) is 5.79 Å². The molecule has 4 aliphatic rings. The van der Waals surface area contributed by atoms with Crippen molar-refractivity contribution in [3.05, 3.63) is 65.7 Å². The van der Waals surface area contributed by atoms with Crippen LogP contribution in [-0.2, 0) is 20.9 Å². The number of imide groups is 1. The molecule has 2 amide bonds. The van der Waals surface area contributed by atoms with Crippen LogP contribution in [0.4, 0.5) is 0 Å². The van der Waals surface area contributed by atoms with Crippen LogP contribution in [0.3, 0.4) is 0 Å². The first-order valence-corrected chi connectivity index (χ1v) is 14.1. The van der Waals surface area contributed by atoms with Crippen LogP contribution in [0.2, 0.25) is 0 Å². The molecular weight excluding hydrogens is 480 g/mol. The van der Waals surface area contributed by atoms with Crippen molar-refractivity contribution in [2.45, 2.75) is 64.0 Å². The van der Waals surface area contributed by atoms with Gasteiger partial charge in [-0.15, -0.1) is 0 Å². The molecule has 7 nitrogen and oxygen atoms in total. The third-order valence-corrected chi connectivity index (χ3v) is 9.57. The number of likely N-dealkylation sites (tertiary alicyclic amines) is 2. The van der Waals surface area contributed by atoms with Crippen LogP contribution in [0.1, 0.15) is 56.8 Å². The molecule has 0 bridgehead atoms. The van der Waals surface area contributed by atoms with Gasteiger partial charge >= 0.3 is 0 Å². The Morgan fingerprint density at radius 1 is 0.974 bits per heavy atom. The molecule has 7 heteroatoms. The molecule has 1 saturated carbocycles. The zero-order valence-electron chi connectivity index (χ0n) is 22.2. The fourth-order valence-electron chi connectivity index (χ4n) is 7.68. The Hall–Kier alpha value is -2.74. The maximum absolute atomic E-state index is 14.0. The molecule has 4 fully saturated rings. The fraction of sp³-hybridized carbons (Fsp3) is 0.548. The van der Waals surface area contributed by atoms with Gasteiger partial charge in [0.05, 0.1) is 17.9 Å². The second kappa shape index (κ2) is 9.78. The van der Waals surface area contributed by atoms with E-state index < -0.39 is 29.6 Å². The lowest BCUT2D eigenvalue weighted by Crippen LogP contribution is -2.55. The number of benzene rings is 2. The fourth-order valence-corrected chi connectivity index (χ4v) is 7.68. The van der Waals surface area contributed by atoms with Crippen molar-refractivity contribution in [3.63, 3.8) is 0 Å². The quantitative estimate of drug-likeness (QED) is 0.580. The number of amides is 2. The molecule has 2 aromatic rings. The SMILES string of the molecule is CC(C)[C@H]1C[C@@H]2C(=O)N(C3CCN(Cc4ccccc4)CC3)C(=O)[C@@H]2[C@@H]2C[C@@H](c3ccccc3O)O[C@]12O. The average molecular weight is 519 g/mol. The van der Waals surface area contributed by atoms with Gasteiger partial charge < -0.3 is 14.9 Å². The summed E-state index contributed by atoms with van der Waals surface area (Å²) in [6.45, 7) is 6.63. The Morgan fingerprint density at radius 3 is 2.34 bits per heavy atom. The third-order valence-electron chi connectivity index (χ3n) is 9.57. The van der Waals surface area contributed by atoms with Gasteiger partial charge in [-0.3, -0.25) is 19.4 Å². The maximum Gasteiger partial charge on any atom is 0.233 e. The van der Waals surface area contributed by atoms with E-state index in [9.17, 15) is 19.8 Å². The van der Waals surface area contributed by atoms with Crippen LogP contribution < -0.4 is 0 Å². The molecular formula is C31H38N2O5. The minimum Gasteiger partial charge on any atom is -0.508 e. The summed E-state index contributed by atoms with van der Waals surface area (Å²) < 4.78 is 6.34. The molecule has 0 spiro atoms. The van der Waals surface area contributed by atoms with E-state index in [1.807, 2.05) is 38.1 Å². The summed E-state index contributed by atoms with van der Waals surface area (Å²) in [6.07, 6.45) is 1.86. The topological polar surface area (TPSA) is 90.3 Å². The van der Waals surface area contributed by atoms with E-state index in [2.05, 4.69) is 17.0 Å². The first-order chi connectivity index (χ1) is 18.3. The summed E-state index contributed by atoms with van der Waals surface area (Å²) in [5.74, 6) is -3.29. The van der Waals surface area contributed by atoms with Gasteiger partial charge in [0.1, 0.15) is 5.75 Å². The van der Waals surface area contributed by atoms with Gasteiger partial charge in [-0.05, 0) is 43.2 Å². The normalized spacial score (nSPS) is 34.1. The van der Waals surface area contributed by atoms with Crippen molar-refractivity contribution >= 4 is 11.8 Å². The van der Waals surface area contributed by atoms with Crippen molar-refractivity contribution in [3.8, 4) is 5.75 Å². The van der Waals surface area contributed by atoms with E-state index in [1.165, 1.54) is 5.56 Å². The van der Waals surface area contributed by atoms with Gasteiger partial charge in [-0.25, -0.2) is 0 Å². The highest BCUT2D eigenvalue weighted by Gasteiger charge is 2.67. The van der Waals surface area contributed by atoms with Gasteiger partial charge in [-0.2, -0.15) is 0 Å². The molecule has 202 valence electrons. The molecule has 3 heterocycles. The third kappa shape index (κ3) is 4.16. The number of carbonyl (C=O) groups is 2. The van der Waals surface area contributed by atoms with Crippen LogP contribution in [0.5, 0.6) is 5.75 Å². The maximum atomic E-state index is 14.0. The van der Waals surface area contributed by atoms with Crippen molar-refractivity contribution < 1.29 is 24.5 Å². The standard InChI is InChI=1S/C31H38N2O5/c1-19(2)24-16-23-28(25-17-27(38-31(24,25)37)22-10-6-7-11-26(22)34)30(36)33(29(23)35)21-12-14-32(15-13-21)18-20-8-4-3-5-9-20/h3-11,19,21,23-25,27-28,34,37H,12-18H2,1-2H3/t23-,24+,25-,27-,28-,31+/m0/s1. The van der Waals surface area contributed by atoms with E-state index in [4.69, 9.17) is 4.74 Å². The Bertz CT molecular complexity index is 1190. The number of piperidine rings is 1. The van der Waals surface area contributed by atoms with E-state index in [0.717, 1.165) is 32.5 Å². The van der Waals surface area contributed by atoms with Crippen LogP contribution >= 0.6 is 0 Å². The number of ether oxygens (including phenoxy) is 1. The van der Waals surface area contributed by atoms with Crippen LogP contribution in [0.25, 0.3) is 0 Å². The molecule has 0 radical (unpaired) electrons. The molecule has 2 aromatic carbocycles. The average Bonchev–Trinajstić information content (AvgIpc) is 3.38. The molecule has 3 aliphatic heterocycles. The van der Waals surface area contributed by atoms with Crippen molar-refractivity contribution in [2.75, 3.05) is 13.1 Å². The number of phenolic OH excluding ortho intramolecular Hbond substituents is 1. The van der Waals surface area contributed by atoms with Gasteiger partial charge in [0.25, 0.3) is 0 Å². The Kier molecular flexibility index (Phi) is 6.57. The highest BCUT2D eigenvalue weighted by atomic mass is 16.6. The highest BCUT2D eigenvalue weighted by molar-refractivity contribution is 6.06. The first kappa shape index (κ1) is 25.5. The number of hydrogen-bond donors (Lipinski definition) is 2. The minimum absolute atomic E-state index is 0.0692. The zero-order valence-corrected chi connectivity index (χ0v) is 22.2. The van der Waals surface area contributed by atoms with E-state index in [1.54, 1.807) is 23.1 Å². The Balaban J connectivity index is 1.22. The highest BCUT2D eigenvalue weighted by Crippen LogP contribution is 2.60. The summed E-state index contributed by atoms with van der Waals surface area (Å²) >= 11 is 0. The first-order valence-electron chi connectivity index (χ1n) is 14.1. The predicted molar refractivity (Wildman–Crippen MR) is 142 cm³/mol. The summed E-state index contributed by atoms with van der Waals surface area (Å²) in [4.78, 5) is 31.7. The second-order valence-electron chi connectivity index (χ2n) is 12.0. The summed E-state index contributed by atoms with van der Waals surface area (Å²) in [6, 6.07) is 17.3. The summed E-state index contributed by atoms with van der Waals surface area (Å²) in [5, 5.41) is 22.5. The van der Waals surface area contributed by atoms with Gasteiger partial charge in [-0.1, -0.05) is 62.4 Å². The number of para-hydroxylation sites is 1. The predicted octanol–water partition coefficient (Wildman–Crippen LogP) is 4.10. The van der Waals surface area contributed by atoms with Crippen molar-refractivity contribution in [2.24, 2.45) is 29.6 Å².